The molecule has 0 N–H and O–H groups in total. The fraction of sp³-hybridized carbons (Fsp3) is 0.857. The number of rotatable bonds is 11. The minimum atomic E-state index is -0.162. The molecule has 0 unspecified atom stereocenters. The summed E-state index contributed by atoms with van der Waals surface area (Å²) in [6.45, 7) is 5.90. The highest BCUT2D eigenvalue weighted by Gasteiger charge is 1.94. The van der Waals surface area contributed by atoms with Gasteiger partial charge in [-0.05, 0) is 6.42 Å². The Kier molecular flexibility index (Phi) is 12.1. The average Bonchev–Trinajstić information content (AvgIpc) is 2.25. The van der Waals surface area contributed by atoms with E-state index in [1.165, 1.54) is 58.3 Å². The molecule has 95 valence electrons. The summed E-state index contributed by atoms with van der Waals surface area (Å²) in [5.41, 5.74) is 0. The van der Waals surface area contributed by atoms with E-state index in [2.05, 4.69) is 6.92 Å². The molecule has 0 bridgehead atoms. The Morgan fingerprint density at radius 1 is 0.875 bits per heavy atom. The molecule has 0 aromatic carbocycles. The largest absolute Gasteiger partial charge is 0.466 e. The molecule has 2 nitrogen and oxygen atoms in total. The molecule has 0 aromatic rings. The fourth-order valence-corrected chi connectivity index (χ4v) is 1.73. The Hall–Kier alpha value is -0.530. The Morgan fingerprint density at radius 2 is 1.31 bits per heavy atom. The number of hydrogen-bond acceptors (Lipinski definition) is 2. The van der Waals surface area contributed by atoms with Crippen molar-refractivity contribution in [2.75, 3.05) is 6.61 Å². The molecule has 0 aromatic heterocycles. The first-order valence-electron chi connectivity index (χ1n) is 6.70. The summed E-state index contributed by atoms with van der Waals surface area (Å²) in [5.74, 6) is -0.162. The van der Waals surface area contributed by atoms with E-state index >= 15 is 0 Å². The third kappa shape index (κ3) is 13.5. The number of unbranched alkanes of at least 4 members (excludes halogenated alkanes) is 9. The summed E-state index contributed by atoms with van der Waals surface area (Å²) in [5, 5.41) is 0. The van der Waals surface area contributed by atoms with Gasteiger partial charge in [0.25, 0.3) is 0 Å². The van der Waals surface area contributed by atoms with Crippen LogP contribution in [0, 0.1) is 6.92 Å². The molecule has 0 saturated heterocycles. The van der Waals surface area contributed by atoms with Gasteiger partial charge in [-0.1, -0.05) is 64.7 Å². The summed E-state index contributed by atoms with van der Waals surface area (Å²) in [4.78, 5) is 10.5. The molecule has 0 spiro atoms. The first-order valence-corrected chi connectivity index (χ1v) is 6.70. The molecule has 0 aliphatic heterocycles. The molecule has 0 atom stereocenters. The van der Waals surface area contributed by atoms with Gasteiger partial charge in [0, 0.05) is 6.92 Å². The number of esters is 1. The van der Waals surface area contributed by atoms with Crippen molar-refractivity contribution in [1.82, 2.24) is 0 Å². The highest BCUT2D eigenvalue weighted by Crippen LogP contribution is 2.10. The van der Waals surface area contributed by atoms with Crippen LogP contribution < -0.4 is 0 Å². The Labute approximate surface area is 101 Å². The van der Waals surface area contributed by atoms with Crippen LogP contribution in [0.4, 0.5) is 0 Å². The van der Waals surface area contributed by atoms with Gasteiger partial charge in [-0.3, -0.25) is 4.79 Å². The minimum Gasteiger partial charge on any atom is -0.466 e. The Balaban J connectivity index is 2.90. The van der Waals surface area contributed by atoms with Crippen LogP contribution in [-0.2, 0) is 9.53 Å². The summed E-state index contributed by atoms with van der Waals surface area (Å²) in [6.07, 6.45) is 12.6. The predicted octanol–water partition coefficient (Wildman–Crippen LogP) is 4.28. The quantitative estimate of drug-likeness (QED) is 0.389. The third-order valence-corrected chi connectivity index (χ3v) is 2.70. The molecule has 0 amide bonds. The van der Waals surface area contributed by atoms with Gasteiger partial charge >= 0.3 is 5.97 Å². The van der Waals surface area contributed by atoms with E-state index in [1.807, 2.05) is 0 Å². The Bertz CT molecular complexity index is 155. The van der Waals surface area contributed by atoms with E-state index in [9.17, 15) is 4.79 Å². The first-order chi connectivity index (χ1) is 7.77. The van der Waals surface area contributed by atoms with E-state index in [-0.39, 0.29) is 5.97 Å². The van der Waals surface area contributed by atoms with E-state index in [0.717, 1.165) is 12.8 Å². The molecular formula is C14H27O2. The molecule has 2 heteroatoms. The molecule has 0 heterocycles. The molecule has 0 aliphatic rings. The van der Waals surface area contributed by atoms with Gasteiger partial charge in [0.15, 0.2) is 0 Å². The van der Waals surface area contributed by atoms with Crippen LogP contribution in [0.5, 0.6) is 0 Å². The van der Waals surface area contributed by atoms with Crippen LogP contribution in [0.25, 0.3) is 0 Å². The summed E-state index contributed by atoms with van der Waals surface area (Å²) in [7, 11) is 0. The molecular weight excluding hydrogens is 200 g/mol. The highest BCUT2D eigenvalue weighted by molar-refractivity contribution is 5.65. The lowest BCUT2D eigenvalue weighted by Crippen LogP contribution is -2.00. The summed E-state index contributed by atoms with van der Waals surface area (Å²) >= 11 is 0. The maximum Gasteiger partial charge on any atom is 0.302 e. The zero-order valence-electron chi connectivity index (χ0n) is 10.8. The number of carbonyl (C=O) groups is 1. The Morgan fingerprint density at radius 3 is 1.75 bits per heavy atom. The van der Waals surface area contributed by atoms with Crippen LogP contribution in [0.2, 0.25) is 0 Å². The van der Waals surface area contributed by atoms with Gasteiger partial charge < -0.3 is 4.74 Å². The lowest BCUT2D eigenvalue weighted by atomic mass is 10.1. The SMILES string of the molecule is [CH2]CCCCCCCCCCCOC(C)=O. The minimum absolute atomic E-state index is 0.162. The van der Waals surface area contributed by atoms with Crippen LogP contribution in [-0.4, -0.2) is 12.6 Å². The van der Waals surface area contributed by atoms with Crippen molar-refractivity contribution in [3.8, 4) is 0 Å². The first kappa shape index (κ1) is 15.5. The van der Waals surface area contributed by atoms with Gasteiger partial charge in [0.2, 0.25) is 0 Å². The lowest BCUT2D eigenvalue weighted by molar-refractivity contribution is -0.141. The standard InChI is InChI=1S/C14H27O2/c1-3-4-5-6-7-8-9-10-11-12-13-16-14(2)15/h1,3-13H2,2H3. The van der Waals surface area contributed by atoms with Crippen molar-refractivity contribution in [2.24, 2.45) is 0 Å². The van der Waals surface area contributed by atoms with E-state index in [4.69, 9.17) is 4.74 Å². The second-order valence-electron chi connectivity index (χ2n) is 4.38. The highest BCUT2D eigenvalue weighted by atomic mass is 16.5. The van der Waals surface area contributed by atoms with Gasteiger partial charge in [-0.15, -0.1) is 0 Å². The number of hydrogen-bond donors (Lipinski definition) is 0. The second kappa shape index (κ2) is 12.5. The molecule has 0 fully saturated rings. The van der Waals surface area contributed by atoms with Gasteiger partial charge in [0.05, 0.1) is 6.61 Å². The van der Waals surface area contributed by atoms with Crippen LogP contribution >= 0.6 is 0 Å². The van der Waals surface area contributed by atoms with Crippen LogP contribution in [0.15, 0.2) is 0 Å². The van der Waals surface area contributed by atoms with Crippen LogP contribution in [0.3, 0.4) is 0 Å². The zero-order chi connectivity index (χ0) is 12.1. The molecule has 0 rings (SSSR count). The summed E-state index contributed by atoms with van der Waals surface area (Å²) in [6, 6.07) is 0. The normalized spacial score (nSPS) is 10.4. The number of ether oxygens (including phenoxy) is 1. The monoisotopic (exact) mass is 227 g/mol. The van der Waals surface area contributed by atoms with E-state index in [1.54, 1.807) is 0 Å². The average molecular weight is 227 g/mol. The maximum atomic E-state index is 10.5. The van der Waals surface area contributed by atoms with Gasteiger partial charge in [-0.2, -0.15) is 0 Å². The lowest BCUT2D eigenvalue weighted by Gasteiger charge is -2.02. The maximum absolute atomic E-state index is 10.5. The van der Waals surface area contributed by atoms with Crippen LogP contribution in [0.1, 0.15) is 71.1 Å². The van der Waals surface area contributed by atoms with E-state index in [0.29, 0.717) is 6.61 Å². The van der Waals surface area contributed by atoms with Crippen molar-refractivity contribution < 1.29 is 9.53 Å². The molecule has 1 radical (unpaired) electrons. The zero-order valence-corrected chi connectivity index (χ0v) is 10.8. The topological polar surface area (TPSA) is 26.3 Å². The third-order valence-electron chi connectivity index (χ3n) is 2.70. The number of carbonyl (C=O) groups excluding carboxylic acids is 1. The fourth-order valence-electron chi connectivity index (χ4n) is 1.73. The summed E-state index contributed by atoms with van der Waals surface area (Å²) < 4.78 is 4.87. The van der Waals surface area contributed by atoms with Crippen molar-refractivity contribution in [2.45, 2.75) is 71.1 Å². The van der Waals surface area contributed by atoms with Crippen molar-refractivity contribution in [3.05, 3.63) is 6.92 Å². The second-order valence-corrected chi connectivity index (χ2v) is 4.38. The van der Waals surface area contributed by atoms with Crippen molar-refractivity contribution in [1.29, 1.82) is 0 Å². The van der Waals surface area contributed by atoms with Gasteiger partial charge in [-0.25, -0.2) is 0 Å². The molecule has 0 aliphatic carbocycles. The van der Waals surface area contributed by atoms with E-state index < -0.39 is 0 Å². The van der Waals surface area contributed by atoms with Gasteiger partial charge in [0.1, 0.15) is 0 Å². The predicted molar refractivity (Wildman–Crippen MR) is 68.2 cm³/mol. The smallest absolute Gasteiger partial charge is 0.302 e. The van der Waals surface area contributed by atoms with Crippen molar-refractivity contribution in [3.63, 3.8) is 0 Å². The molecule has 16 heavy (non-hydrogen) atoms. The van der Waals surface area contributed by atoms with Crippen molar-refractivity contribution >= 4 is 5.97 Å². The molecule has 0 saturated carbocycles.